The summed E-state index contributed by atoms with van der Waals surface area (Å²) in [5.74, 6) is 0.763. The van der Waals surface area contributed by atoms with Crippen LogP contribution in [-0.2, 0) is 0 Å². The van der Waals surface area contributed by atoms with Gasteiger partial charge >= 0.3 is 0 Å². The summed E-state index contributed by atoms with van der Waals surface area (Å²) in [6.45, 7) is 4.50. The summed E-state index contributed by atoms with van der Waals surface area (Å²) in [7, 11) is 0. The zero-order valence-corrected chi connectivity index (χ0v) is 18.3. The number of benzene rings is 2. The number of nitrogens with zero attached hydrogens (tertiary/aromatic N) is 1. The van der Waals surface area contributed by atoms with E-state index in [9.17, 15) is 4.79 Å². The summed E-state index contributed by atoms with van der Waals surface area (Å²) in [5, 5.41) is 11.0. The Bertz CT molecular complexity index is 1030. The molecule has 162 valence electrons. The number of carbonyl (C=O) groups excluding carboxylic acids is 1. The number of aryl methyl sites for hydroxylation is 1. The molecule has 1 saturated carbocycles. The van der Waals surface area contributed by atoms with E-state index in [1.807, 2.05) is 55.5 Å². The molecule has 0 spiro atoms. The second kappa shape index (κ2) is 10.4. The zero-order valence-electron chi connectivity index (χ0n) is 18.3. The number of pyridine rings is 1. The van der Waals surface area contributed by atoms with E-state index in [0.29, 0.717) is 12.1 Å². The van der Waals surface area contributed by atoms with Gasteiger partial charge in [-0.2, -0.15) is 0 Å². The fourth-order valence-corrected chi connectivity index (χ4v) is 4.37. The number of carbonyl (C=O) groups is 1. The minimum Gasteiger partial charge on any atom is -0.355 e. The molecule has 1 aromatic heterocycles. The smallest absolute Gasteiger partial charge is 0.251 e. The van der Waals surface area contributed by atoms with Crippen LogP contribution in [0.2, 0.25) is 0 Å². The summed E-state index contributed by atoms with van der Waals surface area (Å²) < 4.78 is 0. The predicted molar refractivity (Wildman–Crippen MR) is 128 cm³/mol. The molecular formula is C26H32N4O. The molecule has 1 aliphatic carbocycles. The first-order chi connectivity index (χ1) is 15.2. The predicted octanol–water partition coefficient (Wildman–Crippen LogP) is 5.19. The van der Waals surface area contributed by atoms with Gasteiger partial charge in [0, 0.05) is 41.1 Å². The van der Waals surface area contributed by atoms with Crippen molar-refractivity contribution in [3.63, 3.8) is 0 Å². The van der Waals surface area contributed by atoms with Gasteiger partial charge in [0.2, 0.25) is 0 Å². The number of amides is 1. The van der Waals surface area contributed by atoms with Crippen LogP contribution in [0.1, 0.15) is 48.2 Å². The lowest BCUT2D eigenvalue weighted by atomic mass is 9.89. The minimum absolute atomic E-state index is 0.0427. The Labute approximate surface area is 184 Å². The fourth-order valence-electron chi connectivity index (χ4n) is 4.37. The van der Waals surface area contributed by atoms with Crippen molar-refractivity contribution in [2.45, 2.75) is 39.0 Å². The van der Waals surface area contributed by atoms with Gasteiger partial charge in [-0.1, -0.05) is 43.5 Å². The molecule has 0 aliphatic heterocycles. The largest absolute Gasteiger partial charge is 0.355 e. The molecule has 0 saturated heterocycles. The van der Waals surface area contributed by atoms with Gasteiger partial charge in [0.05, 0.1) is 5.52 Å². The van der Waals surface area contributed by atoms with Crippen LogP contribution in [0.25, 0.3) is 10.9 Å². The van der Waals surface area contributed by atoms with Gasteiger partial charge in [0.25, 0.3) is 5.91 Å². The Kier molecular flexibility index (Phi) is 7.15. The maximum absolute atomic E-state index is 12.6. The third-order valence-corrected chi connectivity index (χ3v) is 5.99. The van der Waals surface area contributed by atoms with Gasteiger partial charge in [-0.25, -0.2) is 0 Å². The van der Waals surface area contributed by atoms with E-state index in [1.54, 1.807) is 0 Å². The fraction of sp³-hybridized carbons (Fsp3) is 0.385. The van der Waals surface area contributed by atoms with Crippen LogP contribution < -0.4 is 16.0 Å². The Morgan fingerprint density at radius 1 is 1.00 bits per heavy atom. The average molecular weight is 417 g/mol. The van der Waals surface area contributed by atoms with Gasteiger partial charge in [0.1, 0.15) is 0 Å². The lowest BCUT2D eigenvalue weighted by Gasteiger charge is -2.21. The number of hydrogen-bond donors (Lipinski definition) is 3. The molecule has 0 radical (unpaired) electrons. The topological polar surface area (TPSA) is 66.1 Å². The van der Waals surface area contributed by atoms with Gasteiger partial charge in [-0.05, 0) is 62.6 Å². The zero-order chi connectivity index (χ0) is 21.5. The molecule has 1 heterocycles. The van der Waals surface area contributed by atoms with Crippen molar-refractivity contribution in [3.05, 3.63) is 65.9 Å². The Morgan fingerprint density at radius 2 is 1.84 bits per heavy atom. The molecule has 1 aliphatic rings. The Morgan fingerprint density at radius 3 is 2.71 bits per heavy atom. The first-order valence-corrected chi connectivity index (χ1v) is 11.4. The summed E-state index contributed by atoms with van der Waals surface area (Å²) in [6, 6.07) is 17.8. The van der Waals surface area contributed by atoms with E-state index in [1.165, 1.54) is 32.1 Å². The van der Waals surface area contributed by atoms with Gasteiger partial charge in [-0.3, -0.25) is 9.78 Å². The molecular weight excluding hydrogens is 384 g/mol. The highest BCUT2D eigenvalue weighted by Gasteiger charge is 2.12. The standard InChI is InChI=1S/C26H32N4O/c1-19-16-25(23-12-5-6-13-24(23)29-19)30-22-11-7-10-21(17-22)26(31)28-15-14-27-18-20-8-3-2-4-9-20/h5-7,10-13,16-17,20,27H,2-4,8-9,14-15,18H2,1H3,(H,28,31)(H,29,30). The lowest BCUT2D eigenvalue weighted by molar-refractivity contribution is 0.0954. The summed E-state index contributed by atoms with van der Waals surface area (Å²) in [5.41, 5.74) is 4.45. The number of anilines is 2. The maximum atomic E-state index is 12.6. The lowest BCUT2D eigenvalue weighted by Crippen LogP contribution is -2.34. The monoisotopic (exact) mass is 416 g/mol. The van der Waals surface area contributed by atoms with Crippen molar-refractivity contribution >= 4 is 28.2 Å². The number of aromatic nitrogens is 1. The molecule has 4 rings (SSSR count). The van der Waals surface area contributed by atoms with E-state index >= 15 is 0 Å². The van der Waals surface area contributed by atoms with Crippen LogP contribution in [0.4, 0.5) is 11.4 Å². The minimum atomic E-state index is -0.0427. The molecule has 0 unspecified atom stereocenters. The van der Waals surface area contributed by atoms with Crippen molar-refractivity contribution in [1.82, 2.24) is 15.6 Å². The number of rotatable bonds is 8. The van der Waals surface area contributed by atoms with Gasteiger partial charge in [-0.15, -0.1) is 0 Å². The van der Waals surface area contributed by atoms with Crippen LogP contribution in [0.5, 0.6) is 0 Å². The molecule has 0 atom stereocenters. The number of nitrogens with one attached hydrogen (secondary N) is 3. The van der Waals surface area contributed by atoms with Crippen LogP contribution in [0, 0.1) is 12.8 Å². The van der Waals surface area contributed by atoms with E-state index in [-0.39, 0.29) is 5.91 Å². The molecule has 5 nitrogen and oxygen atoms in total. The summed E-state index contributed by atoms with van der Waals surface area (Å²) >= 11 is 0. The molecule has 1 fully saturated rings. The number of hydrogen-bond acceptors (Lipinski definition) is 4. The Hall–Kier alpha value is -2.92. The molecule has 1 amide bonds. The summed E-state index contributed by atoms with van der Waals surface area (Å²) in [4.78, 5) is 17.2. The first kappa shape index (κ1) is 21.3. The quantitative estimate of drug-likeness (QED) is 0.442. The molecule has 3 N–H and O–H groups in total. The number of para-hydroxylation sites is 1. The van der Waals surface area contributed by atoms with E-state index in [4.69, 9.17) is 0 Å². The van der Waals surface area contributed by atoms with E-state index in [2.05, 4.69) is 27.0 Å². The number of fused-ring (bicyclic) bond motifs is 1. The molecule has 3 aromatic rings. The van der Waals surface area contributed by atoms with Crippen LogP contribution >= 0.6 is 0 Å². The SMILES string of the molecule is Cc1cc(Nc2cccc(C(=O)NCCNCC3CCCCC3)c2)c2ccccc2n1. The van der Waals surface area contributed by atoms with Crippen molar-refractivity contribution in [3.8, 4) is 0 Å². The second-order valence-electron chi connectivity index (χ2n) is 8.50. The molecule has 0 bridgehead atoms. The average Bonchev–Trinajstić information content (AvgIpc) is 2.79. The molecule has 2 aromatic carbocycles. The van der Waals surface area contributed by atoms with Crippen molar-refractivity contribution < 1.29 is 4.79 Å². The van der Waals surface area contributed by atoms with Crippen LogP contribution in [0.3, 0.4) is 0 Å². The first-order valence-electron chi connectivity index (χ1n) is 11.4. The third-order valence-electron chi connectivity index (χ3n) is 5.99. The highest BCUT2D eigenvalue weighted by Crippen LogP contribution is 2.27. The van der Waals surface area contributed by atoms with Gasteiger partial charge in [0.15, 0.2) is 0 Å². The van der Waals surface area contributed by atoms with Crippen LogP contribution in [-0.4, -0.2) is 30.5 Å². The highest BCUT2D eigenvalue weighted by atomic mass is 16.1. The summed E-state index contributed by atoms with van der Waals surface area (Å²) in [6.07, 6.45) is 6.79. The molecule has 31 heavy (non-hydrogen) atoms. The van der Waals surface area contributed by atoms with Crippen molar-refractivity contribution in [1.29, 1.82) is 0 Å². The van der Waals surface area contributed by atoms with E-state index < -0.39 is 0 Å². The Balaban J connectivity index is 1.32. The van der Waals surface area contributed by atoms with Gasteiger partial charge < -0.3 is 16.0 Å². The maximum Gasteiger partial charge on any atom is 0.251 e. The third kappa shape index (κ3) is 5.82. The molecule has 5 heteroatoms. The highest BCUT2D eigenvalue weighted by molar-refractivity contribution is 5.96. The van der Waals surface area contributed by atoms with Crippen molar-refractivity contribution in [2.24, 2.45) is 5.92 Å². The second-order valence-corrected chi connectivity index (χ2v) is 8.50. The van der Waals surface area contributed by atoms with Crippen molar-refractivity contribution in [2.75, 3.05) is 25.0 Å². The van der Waals surface area contributed by atoms with Crippen LogP contribution in [0.15, 0.2) is 54.6 Å². The normalized spacial score (nSPS) is 14.5. The van der Waals surface area contributed by atoms with E-state index in [0.717, 1.165) is 47.0 Å².